The van der Waals surface area contributed by atoms with Crippen molar-refractivity contribution in [3.63, 3.8) is 0 Å². The van der Waals surface area contributed by atoms with Gasteiger partial charge in [0, 0.05) is 10.9 Å². The zero-order valence-electron chi connectivity index (χ0n) is 10.7. The van der Waals surface area contributed by atoms with E-state index in [1.807, 2.05) is 12.1 Å². The molecule has 0 fully saturated rings. The van der Waals surface area contributed by atoms with Crippen molar-refractivity contribution in [2.75, 3.05) is 0 Å². The van der Waals surface area contributed by atoms with Gasteiger partial charge in [-0.1, -0.05) is 35.4 Å². The van der Waals surface area contributed by atoms with E-state index in [9.17, 15) is 0 Å². The van der Waals surface area contributed by atoms with Crippen molar-refractivity contribution in [1.29, 1.82) is 0 Å². The molecule has 3 nitrogen and oxygen atoms in total. The number of hydrogen-bond acceptors (Lipinski definition) is 3. The van der Waals surface area contributed by atoms with E-state index in [0.29, 0.717) is 5.92 Å². The number of allylic oxidation sites excluding steroid dienone is 2. The summed E-state index contributed by atoms with van der Waals surface area (Å²) in [6, 6.07) is 8.06. The van der Waals surface area contributed by atoms with Crippen molar-refractivity contribution in [2.45, 2.75) is 31.6 Å². The lowest BCUT2D eigenvalue weighted by atomic mass is 9.76. The summed E-state index contributed by atoms with van der Waals surface area (Å²) in [5.74, 6) is 1.36. The molecular weight excluding hydrogens is 260 g/mol. The highest BCUT2D eigenvalue weighted by Gasteiger charge is 2.30. The third-order valence-electron chi connectivity index (χ3n) is 3.74. The average Bonchev–Trinajstić information content (AvgIpc) is 2.93. The van der Waals surface area contributed by atoms with Gasteiger partial charge in [0.05, 0.1) is 0 Å². The largest absolute Gasteiger partial charge is 0.428 e. The SMILES string of the molecule is CC1=CC[C@@H](c2nnco2)[C@@H](c2ccc(Cl)cc2)C1. The van der Waals surface area contributed by atoms with E-state index in [-0.39, 0.29) is 5.92 Å². The standard InChI is InChI=1S/C15H15ClN2O/c1-10-2-7-13(15-18-17-9-19-15)14(8-10)11-3-5-12(16)6-4-11/h2-6,9,13-14H,7-8H2,1H3/t13-,14-/m1/s1. The maximum absolute atomic E-state index is 5.96. The van der Waals surface area contributed by atoms with Gasteiger partial charge in [0.2, 0.25) is 12.3 Å². The molecule has 98 valence electrons. The van der Waals surface area contributed by atoms with Gasteiger partial charge in [-0.15, -0.1) is 10.2 Å². The second-order valence-corrected chi connectivity index (χ2v) is 5.47. The van der Waals surface area contributed by atoms with E-state index in [1.165, 1.54) is 17.5 Å². The summed E-state index contributed by atoms with van der Waals surface area (Å²) in [6.45, 7) is 2.17. The Labute approximate surface area is 117 Å². The lowest BCUT2D eigenvalue weighted by molar-refractivity contribution is 0.391. The summed E-state index contributed by atoms with van der Waals surface area (Å²) >= 11 is 5.96. The van der Waals surface area contributed by atoms with Crippen LogP contribution in [0.15, 0.2) is 46.7 Å². The number of aromatic nitrogens is 2. The Hall–Kier alpha value is -1.61. The summed E-state index contributed by atoms with van der Waals surface area (Å²) in [6.07, 6.45) is 5.64. The maximum atomic E-state index is 5.96. The van der Waals surface area contributed by atoms with Gasteiger partial charge in [0.1, 0.15) is 0 Å². The molecule has 0 bridgehead atoms. The first-order valence-corrected chi connectivity index (χ1v) is 6.79. The van der Waals surface area contributed by atoms with Crippen molar-refractivity contribution in [3.8, 4) is 0 Å². The topological polar surface area (TPSA) is 38.9 Å². The lowest BCUT2D eigenvalue weighted by Crippen LogP contribution is -2.15. The molecule has 0 aliphatic heterocycles. The predicted molar refractivity (Wildman–Crippen MR) is 74.2 cm³/mol. The first-order valence-electron chi connectivity index (χ1n) is 6.41. The normalized spacial score (nSPS) is 23.2. The zero-order valence-corrected chi connectivity index (χ0v) is 11.5. The molecule has 0 N–H and O–H groups in total. The highest BCUT2D eigenvalue weighted by molar-refractivity contribution is 6.30. The summed E-state index contributed by atoms with van der Waals surface area (Å²) in [5, 5.41) is 8.65. The Balaban J connectivity index is 1.96. The van der Waals surface area contributed by atoms with Crippen LogP contribution in [0.25, 0.3) is 0 Å². The predicted octanol–water partition coefficient (Wildman–Crippen LogP) is 4.33. The van der Waals surface area contributed by atoms with Crippen LogP contribution in [0.4, 0.5) is 0 Å². The van der Waals surface area contributed by atoms with Gasteiger partial charge >= 0.3 is 0 Å². The zero-order chi connectivity index (χ0) is 13.2. The van der Waals surface area contributed by atoms with Gasteiger partial charge in [-0.05, 0) is 43.4 Å². The molecule has 1 heterocycles. The maximum Gasteiger partial charge on any atom is 0.220 e. The molecule has 1 aromatic heterocycles. The fraction of sp³-hybridized carbons (Fsp3) is 0.333. The fourth-order valence-electron chi connectivity index (χ4n) is 2.74. The third-order valence-corrected chi connectivity index (χ3v) is 3.99. The summed E-state index contributed by atoms with van der Waals surface area (Å²) in [5.41, 5.74) is 2.69. The molecule has 0 saturated carbocycles. The molecule has 0 amide bonds. The molecule has 2 atom stereocenters. The average molecular weight is 275 g/mol. The second-order valence-electron chi connectivity index (χ2n) is 5.03. The fourth-order valence-corrected chi connectivity index (χ4v) is 2.87. The summed E-state index contributed by atoms with van der Waals surface area (Å²) in [7, 11) is 0. The molecule has 0 radical (unpaired) electrons. The summed E-state index contributed by atoms with van der Waals surface area (Å²) < 4.78 is 5.41. The molecule has 1 aromatic carbocycles. The van der Waals surface area contributed by atoms with Crippen LogP contribution in [0.2, 0.25) is 5.02 Å². The van der Waals surface area contributed by atoms with Gasteiger partial charge in [-0.3, -0.25) is 0 Å². The van der Waals surface area contributed by atoms with Crippen molar-refractivity contribution in [2.24, 2.45) is 0 Å². The van der Waals surface area contributed by atoms with Gasteiger partial charge < -0.3 is 4.42 Å². The molecule has 0 spiro atoms. The Morgan fingerprint density at radius 1 is 1.21 bits per heavy atom. The monoisotopic (exact) mass is 274 g/mol. The highest BCUT2D eigenvalue weighted by atomic mass is 35.5. The first-order chi connectivity index (χ1) is 9.24. The van der Waals surface area contributed by atoms with E-state index in [2.05, 4.69) is 35.3 Å². The minimum Gasteiger partial charge on any atom is -0.428 e. The van der Waals surface area contributed by atoms with Gasteiger partial charge in [-0.25, -0.2) is 0 Å². The number of nitrogens with zero attached hydrogens (tertiary/aromatic N) is 2. The van der Waals surface area contributed by atoms with Crippen LogP contribution < -0.4 is 0 Å². The molecule has 4 heteroatoms. The minimum absolute atomic E-state index is 0.257. The van der Waals surface area contributed by atoms with Crippen molar-refractivity contribution < 1.29 is 4.42 Å². The van der Waals surface area contributed by atoms with Crippen molar-refractivity contribution >= 4 is 11.6 Å². The first kappa shape index (κ1) is 12.4. The van der Waals surface area contributed by atoms with Crippen LogP contribution in [0.3, 0.4) is 0 Å². The van der Waals surface area contributed by atoms with E-state index in [1.54, 1.807) is 0 Å². The number of benzene rings is 1. The van der Waals surface area contributed by atoms with Gasteiger partial charge in [0.15, 0.2) is 0 Å². The molecular formula is C15H15ClN2O. The lowest BCUT2D eigenvalue weighted by Gasteiger charge is -2.28. The van der Waals surface area contributed by atoms with Crippen LogP contribution in [0.1, 0.15) is 43.1 Å². The Morgan fingerprint density at radius 2 is 2.00 bits per heavy atom. The molecule has 2 aromatic rings. The van der Waals surface area contributed by atoms with Crippen LogP contribution in [-0.2, 0) is 0 Å². The van der Waals surface area contributed by atoms with E-state index in [0.717, 1.165) is 23.8 Å². The quantitative estimate of drug-likeness (QED) is 0.765. The van der Waals surface area contributed by atoms with Crippen LogP contribution >= 0.6 is 11.6 Å². The van der Waals surface area contributed by atoms with Gasteiger partial charge in [-0.2, -0.15) is 0 Å². The number of hydrogen-bond donors (Lipinski definition) is 0. The molecule has 3 rings (SSSR count). The Kier molecular flexibility index (Phi) is 3.38. The summed E-state index contributed by atoms with van der Waals surface area (Å²) in [4.78, 5) is 0. The van der Waals surface area contributed by atoms with Crippen LogP contribution in [-0.4, -0.2) is 10.2 Å². The highest BCUT2D eigenvalue weighted by Crippen LogP contribution is 2.42. The molecule has 1 aliphatic rings. The molecule has 0 unspecified atom stereocenters. The minimum atomic E-state index is 0.257. The molecule has 1 aliphatic carbocycles. The Bertz CT molecular complexity index is 575. The van der Waals surface area contributed by atoms with E-state index < -0.39 is 0 Å². The van der Waals surface area contributed by atoms with Crippen LogP contribution in [0.5, 0.6) is 0 Å². The molecule has 0 saturated heterocycles. The molecule has 19 heavy (non-hydrogen) atoms. The number of rotatable bonds is 2. The third kappa shape index (κ3) is 2.56. The van der Waals surface area contributed by atoms with Gasteiger partial charge in [0.25, 0.3) is 0 Å². The Morgan fingerprint density at radius 3 is 2.68 bits per heavy atom. The van der Waals surface area contributed by atoms with E-state index in [4.69, 9.17) is 16.0 Å². The second kappa shape index (κ2) is 5.17. The van der Waals surface area contributed by atoms with E-state index >= 15 is 0 Å². The van der Waals surface area contributed by atoms with Crippen LogP contribution in [0, 0.1) is 0 Å². The van der Waals surface area contributed by atoms with Crippen molar-refractivity contribution in [1.82, 2.24) is 10.2 Å². The van der Waals surface area contributed by atoms with Crippen molar-refractivity contribution in [3.05, 3.63) is 58.8 Å². The smallest absolute Gasteiger partial charge is 0.220 e. The number of halogens is 1.